The lowest BCUT2D eigenvalue weighted by Gasteiger charge is -2.44. The van der Waals surface area contributed by atoms with Crippen LogP contribution in [0.15, 0.2) is 47.4 Å². The van der Waals surface area contributed by atoms with Crippen molar-refractivity contribution in [2.45, 2.75) is 22.5 Å². The lowest BCUT2D eigenvalue weighted by atomic mass is 9.71. The monoisotopic (exact) mass is 367 g/mol. The Kier molecular flexibility index (Phi) is 4.10. The molecule has 0 aromatic heterocycles. The van der Waals surface area contributed by atoms with E-state index in [0.29, 0.717) is 5.02 Å². The zero-order valence-corrected chi connectivity index (χ0v) is 13.9. The summed E-state index contributed by atoms with van der Waals surface area (Å²) in [7, 11) is -4.03. The molecule has 1 aliphatic rings. The van der Waals surface area contributed by atoms with Crippen LogP contribution >= 0.6 is 11.6 Å². The van der Waals surface area contributed by atoms with Gasteiger partial charge in [0.15, 0.2) is 9.84 Å². The van der Waals surface area contributed by atoms with Crippen molar-refractivity contribution in [2.24, 2.45) is 5.92 Å². The number of rotatable bonds is 3. The molecule has 0 atom stereocenters. The summed E-state index contributed by atoms with van der Waals surface area (Å²) >= 11 is 5.79. The van der Waals surface area contributed by atoms with Crippen LogP contribution in [0.4, 0.5) is 8.78 Å². The van der Waals surface area contributed by atoms with Crippen LogP contribution in [0, 0.1) is 28.9 Å². The molecule has 0 spiro atoms. The molecule has 1 aliphatic carbocycles. The second-order valence-electron chi connectivity index (χ2n) is 5.81. The van der Waals surface area contributed by atoms with Crippen molar-refractivity contribution >= 4 is 21.4 Å². The molecule has 0 saturated heterocycles. The second-order valence-corrected chi connectivity index (χ2v) is 8.51. The summed E-state index contributed by atoms with van der Waals surface area (Å²) in [6, 6.07) is 10.2. The molecule has 2 aromatic rings. The highest BCUT2D eigenvalue weighted by molar-refractivity contribution is 7.92. The van der Waals surface area contributed by atoms with E-state index in [1.54, 1.807) is 0 Å². The van der Waals surface area contributed by atoms with Crippen molar-refractivity contribution in [3.05, 3.63) is 64.7 Å². The van der Waals surface area contributed by atoms with E-state index in [1.165, 1.54) is 24.3 Å². The van der Waals surface area contributed by atoms with Crippen LogP contribution < -0.4 is 0 Å². The fraction of sp³-hybridized carbons (Fsp3) is 0.235. The highest BCUT2D eigenvalue weighted by Gasteiger charge is 2.57. The van der Waals surface area contributed by atoms with Gasteiger partial charge in [-0.25, -0.2) is 17.2 Å². The van der Waals surface area contributed by atoms with E-state index < -0.39 is 32.1 Å². The van der Waals surface area contributed by atoms with Gasteiger partial charge in [0.25, 0.3) is 0 Å². The molecule has 124 valence electrons. The third kappa shape index (κ3) is 2.48. The van der Waals surface area contributed by atoms with Crippen molar-refractivity contribution < 1.29 is 17.2 Å². The summed E-state index contributed by atoms with van der Waals surface area (Å²) in [5, 5.41) is 9.40. The molecular weight excluding hydrogens is 356 g/mol. The van der Waals surface area contributed by atoms with Crippen molar-refractivity contribution in [1.82, 2.24) is 0 Å². The Labute approximate surface area is 143 Å². The summed E-state index contributed by atoms with van der Waals surface area (Å²) in [4.78, 5) is -0.0352. The molecule has 1 saturated carbocycles. The first-order valence-corrected chi connectivity index (χ1v) is 9.01. The van der Waals surface area contributed by atoms with E-state index in [4.69, 9.17) is 16.9 Å². The third-order valence-electron chi connectivity index (χ3n) is 4.39. The Morgan fingerprint density at radius 1 is 1.12 bits per heavy atom. The molecule has 0 heterocycles. The van der Waals surface area contributed by atoms with Crippen LogP contribution in [0.5, 0.6) is 0 Å². The summed E-state index contributed by atoms with van der Waals surface area (Å²) in [6.07, 6.45) is -0.149. The van der Waals surface area contributed by atoms with Crippen LogP contribution in [0.1, 0.15) is 18.4 Å². The zero-order valence-electron chi connectivity index (χ0n) is 12.3. The van der Waals surface area contributed by atoms with Crippen LogP contribution in [0.2, 0.25) is 5.02 Å². The van der Waals surface area contributed by atoms with Crippen molar-refractivity contribution in [1.29, 1.82) is 5.26 Å². The number of sulfone groups is 1. The van der Waals surface area contributed by atoms with Gasteiger partial charge in [-0.2, -0.15) is 5.26 Å². The van der Waals surface area contributed by atoms with Crippen molar-refractivity contribution in [2.75, 3.05) is 0 Å². The fourth-order valence-electron chi connectivity index (χ4n) is 3.10. The number of hydrogen-bond acceptors (Lipinski definition) is 3. The number of benzene rings is 2. The van der Waals surface area contributed by atoms with Crippen LogP contribution in [0.3, 0.4) is 0 Å². The Morgan fingerprint density at radius 3 is 2.33 bits per heavy atom. The largest absolute Gasteiger partial charge is 0.223 e. The molecule has 0 aliphatic heterocycles. The standard InChI is InChI=1S/C17H12ClF2NO2S/c18-12-1-4-14(5-2-12)24(22,23)17(8-11(9-17)10-21)15-7-13(19)3-6-16(15)20/h1-7,11H,8-9H2. The van der Waals surface area contributed by atoms with Gasteiger partial charge in [-0.15, -0.1) is 0 Å². The molecule has 24 heavy (non-hydrogen) atoms. The molecule has 7 heteroatoms. The number of hydrogen-bond donors (Lipinski definition) is 0. The van der Waals surface area contributed by atoms with Gasteiger partial charge in [-0.05, 0) is 55.3 Å². The van der Waals surface area contributed by atoms with Crippen molar-refractivity contribution in [3.63, 3.8) is 0 Å². The lowest BCUT2D eigenvalue weighted by Crippen LogP contribution is -2.48. The Bertz CT molecular complexity index is 930. The molecule has 0 unspecified atom stereocenters. The maximum atomic E-state index is 14.3. The predicted molar refractivity (Wildman–Crippen MR) is 85.0 cm³/mol. The van der Waals surface area contributed by atoms with Gasteiger partial charge >= 0.3 is 0 Å². The zero-order chi connectivity index (χ0) is 17.5. The summed E-state index contributed by atoms with van der Waals surface area (Å²) < 4.78 is 52.5. The molecule has 0 amide bonds. The molecule has 0 N–H and O–H groups in total. The third-order valence-corrected chi connectivity index (χ3v) is 7.12. The minimum absolute atomic E-state index is 0.0352. The SMILES string of the molecule is N#CC1CC(c2cc(F)ccc2F)(S(=O)(=O)c2ccc(Cl)cc2)C1. The highest BCUT2D eigenvalue weighted by atomic mass is 35.5. The predicted octanol–water partition coefficient (Wildman–Crippen LogP) is 4.22. The quantitative estimate of drug-likeness (QED) is 0.816. The average Bonchev–Trinajstić information content (AvgIpc) is 2.50. The molecule has 0 radical (unpaired) electrons. The first-order chi connectivity index (χ1) is 11.3. The maximum Gasteiger partial charge on any atom is 0.188 e. The normalized spacial score (nSPS) is 23.3. The van der Waals surface area contributed by atoms with E-state index >= 15 is 0 Å². The first kappa shape index (κ1) is 16.9. The fourth-order valence-corrected chi connectivity index (χ4v) is 5.46. The van der Waals surface area contributed by atoms with E-state index in [2.05, 4.69) is 0 Å². The Balaban J connectivity index is 2.19. The molecule has 0 bridgehead atoms. The smallest absolute Gasteiger partial charge is 0.188 e. The van der Waals surface area contributed by atoms with Gasteiger partial charge in [0.2, 0.25) is 0 Å². The number of nitriles is 1. The minimum Gasteiger partial charge on any atom is -0.223 e. The van der Waals surface area contributed by atoms with Gasteiger partial charge in [0.05, 0.1) is 16.9 Å². The minimum atomic E-state index is -4.03. The number of nitrogens with zero attached hydrogens (tertiary/aromatic N) is 1. The van der Waals surface area contributed by atoms with Gasteiger partial charge in [-0.1, -0.05) is 11.6 Å². The Hall–Kier alpha value is -1.97. The molecule has 3 nitrogen and oxygen atoms in total. The summed E-state index contributed by atoms with van der Waals surface area (Å²) in [5.74, 6) is -2.04. The van der Waals surface area contributed by atoms with Crippen LogP contribution in [0.25, 0.3) is 0 Å². The molecule has 1 fully saturated rings. The van der Waals surface area contributed by atoms with E-state index in [9.17, 15) is 17.2 Å². The Morgan fingerprint density at radius 2 is 1.75 bits per heavy atom. The maximum absolute atomic E-state index is 14.3. The van der Waals surface area contributed by atoms with Gasteiger partial charge in [0.1, 0.15) is 16.4 Å². The summed E-state index contributed by atoms with van der Waals surface area (Å²) in [5.41, 5.74) is -0.232. The van der Waals surface area contributed by atoms with Gasteiger partial charge in [-0.3, -0.25) is 0 Å². The average molecular weight is 368 g/mol. The number of halogens is 3. The molecule has 3 rings (SSSR count). The lowest BCUT2D eigenvalue weighted by molar-refractivity contribution is 0.265. The van der Waals surface area contributed by atoms with E-state index in [1.807, 2.05) is 6.07 Å². The van der Waals surface area contributed by atoms with Gasteiger partial charge in [0, 0.05) is 10.6 Å². The molecule has 2 aromatic carbocycles. The van der Waals surface area contributed by atoms with E-state index in [0.717, 1.165) is 18.2 Å². The van der Waals surface area contributed by atoms with E-state index in [-0.39, 0.29) is 23.3 Å². The topological polar surface area (TPSA) is 57.9 Å². The van der Waals surface area contributed by atoms with Gasteiger partial charge < -0.3 is 0 Å². The highest BCUT2D eigenvalue weighted by Crippen LogP contribution is 2.54. The van der Waals surface area contributed by atoms with Crippen LogP contribution in [-0.2, 0) is 14.6 Å². The molecular formula is C17H12ClF2NO2S. The summed E-state index contributed by atoms with van der Waals surface area (Å²) in [6.45, 7) is 0. The first-order valence-electron chi connectivity index (χ1n) is 7.15. The second kappa shape index (κ2) is 5.83. The van der Waals surface area contributed by atoms with Crippen LogP contribution in [-0.4, -0.2) is 8.42 Å². The van der Waals surface area contributed by atoms with Crippen molar-refractivity contribution in [3.8, 4) is 6.07 Å².